The van der Waals surface area contributed by atoms with Gasteiger partial charge in [-0.2, -0.15) is 0 Å². The molecule has 0 radical (unpaired) electrons. The molecule has 4 nitrogen and oxygen atoms in total. The highest BCUT2D eigenvalue weighted by molar-refractivity contribution is 5.83. The minimum Gasteiger partial charge on any atom is -0.345 e. The summed E-state index contributed by atoms with van der Waals surface area (Å²) in [6, 6.07) is 4.39. The lowest BCUT2D eigenvalue weighted by atomic mass is 9.85. The van der Waals surface area contributed by atoms with E-state index in [0.717, 1.165) is 19.5 Å². The van der Waals surface area contributed by atoms with Crippen molar-refractivity contribution in [1.29, 1.82) is 0 Å². The van der Waals surface area contributed by atoms with Gasteiger partial charge in [-0.15, -0.1) is 0 Å². The van der Waals surface area contributed by atoms with Crippen LogP contribution in [-0.4, -0.2) is 28.5 Å². The van der Waals surface area contributed by atoms with Gasteiger partial charge in [0, 0.05) is 31.0 Å². The van der Waals surface area contributed by atoms with Crippen LogP contribution in [0.1, 0.15) is 44.6 Å². The number of carbonyl (C=O) groups excluding carboxylic acids is 1. The van der Waals surface area contributed by atoms with Crippen molar-refractivity contribution < 1.29 is 4.79 Å². The molecule has 0 saturated heterocycles. The summed E-state index contributed by atoms with van der Waals surface area (Å²) in [5, 5.41) is 0. The largest absolute Gasteiger partial charge is 0.345 e. The number of amides is 1. The highest BCUT2D eigenvalue weighted by atomic mass is 16.2. The molecule has 0 saturated carbocycles. The molecule has 2 atom stereocenters. The minimum absolute atomic E-state index is 0.132. The van der Waals surface area contributed by atoms with Crippen molar-refractivity contribution in [2.45, 2.75) is 46.7 Å². The van der Waals surface area contributed by atoms with Gasteiger partial charge in [0.15, 0.2) is 0 Å². The van der Waals surface area contributed by atoms with E-state index >= 15 is 0 Å². The smallest absolute Gasteiger partial charge is 0.230 e. The quantitative estimate of drug-likeness (QED) is 0.907. The number of hydrogen-bond acceptors (Lipinski definition) is 2. The summed E-state index contributed by atoms with van der Waals surface area (Å²) in [7, 11) is 0. The fourth-order valence-electron chi connectivity index (χ4n) is 2.83. The standard InChI is InChI=1S/C15H25N3O/c1-5-15(4,10-16)14(19)18-9-8-17-11(2)6-7-13(17)12(18)3/h6-7,12H,5,8-10,16H2,1-4H3. The average molecular weight is 263 g/mol. The van der Waals surface area contributed by atoms with Gasteiger partial charge in [0.05, 0.1) is 11.5 Å². The molecular formula is C15H25N3O. The first kappa shape index (κ1) is 14.1. The van der Waals surface area contributed by atoms with Crippen molar-refractivity contribution in [2.75, 3.05) is 13.1 Å². The maximum Gasteiger partial charge on any atom is 0.230 e. The molecule has 0 aromatic carbocycles. The molecule has 2 heterocycles. The number of hydrogen-bond donors (Lipinski definition) is 1. The van der Waals surface area contributed by atoms with E-state index in [2.05, 4.69) is 30.5 Å². The first-order chi connectivity index (χ1) is 8.94. The summed E-state index contributed by atoms with van der Waals surface area (Å²) in [6.45, 7) is 10.3. The van der Waals surface area contributed by atoms with Crippen LogP contribution in [0.4, 0.5) is 0 Å². The van der Waals surface area contributed by atoms with Gasteiger partial charge in [-0.05, 0) is 39.3 Å². The normalized spacial score (nSPS) is 21.9. The number of nitrogens with two attached hydrogens (primary N) is 1. The van der Waals surface area contributed by atoms with Gasteiger partial charge in [-0.25, -0.2) is 0 Å². The van der Waals surface area contributed by atoms with Crippen LogP contribution in [0.5, 0.6) is 0 Å². The molecule has 106 valence electrons. The number of fused-ring (bicyclic) bond motifs is 1. The van der Waals surface area contributed by atoms with Crippen LogP contribution in [-0.2, 0) is 11.3 Å². The van der Waals surface area contributed by atoms with E-state index in [-0.39, 0.29) is 11.9 Å². The lowest BCUT2D eigenvalue weighted by Gasteiger charge is -2.40. The highest BCUT2D eigenvalue weighted by Crippen LogP contribution is 2.32. The van der Waals surface area contributed by atoms with Gasteiger partial charge in [0.25, 0.3) is 0 Å². The first-order valence-corrected chi connectivity index (χ1v) is 7.11. The van der Waals surface area contributed by atoms with E-state index in [0.29, 0.717) is 6.54 Å². The molecular weight excluding hydrogens is 238 g/mol. The van der Waals surface area contributed by atoms with Crippen LogP contribution in [0.15, 0.2) is 12.1 Å². The van der Waals surface area contributed by atoms with E-state index in [1.807, 2.05) is 18.7 Å². The number of aromatic nitrogens is 1. The summed E-state index contributed by atoms with van der Waals surface area (Å²) in [6.07, 6.45) is 0.783. The molecule has 0 aliphatic carbocycles. The van der Waals surface area contributed by atoms with Gasteiger partial charge in [0.2, 0.25) is 5.91 Å². The Bertz CT molecular complexity index is 474. The third kappa shape index (κ3) is 2.18. The van der Waals surface area contributed by atoms with E-state index in [1.165, 1.54) is 11.4 Å². The molecule has 19 heavy (non-hydrogen) atoms. The monoisotopic (exact) mass is 263 g/mol. The lowest BCUT2D eigenvalue weighted by molar-refractivity contribution is -0.144. The second-order valence-corrected chi connectivity index (χ2v) is 5.84. The van der Waals surface area contributed by atoms with Crippen molar-refractivity contribution in [2.24, 2.45) is 11.1 Å². The van der Waals surface area contributed by atoms with Crippen molar-refractivity contribution in [3.63, 3.8) is 0 Å². The van der Waals surface area contributed by atoms with Crippen LogP contribution in [0.25, 0.3) is 0 Å². The van der Waals surface area contributed by atoms with Crippen molar-refractivity contribution in [3.05, 3.63) is 23.5 Å². The highest BCUT2D eigenvalue weighted by Gasteiger charge is 2.38. The average Bonchev–Trinajstić information content (AvgIpc) is 2.80. The number of nitrogens with zero attached hydrogens (tertiary/aromatic N) is 2. The molecule has 1 aliphatic rings. The summed E-state index contributed by atoms with van der Waals surface area (Å²) >= 11 is 0. The van der Waals surface area contributed by atoms with Crippen LogP contribution >= 0.6 is 0 Å². The molecule has 1 aromatic heterocycles. The van der Waals surface area contributed by atoms with Gasteiger partial charge in [-0.3, -0.25) is 4.79 Å². The van der Waals surface area contributed by atoms with Crippen molar-refractivity contribution in [1.82, 2.24) is 9.47 Å². The van der Waals surface area contributed by atoms with Crippen molar-refractivity contribution >= 4 is 5.91 Å². The Labute approximate surface area is 115 Å². The maximum atomic E-state index is 12.7. The molecule has 2 N–H and O–H groups in total. The lowest BCUT2D eigenvalue weighted by Crippen LogP contribution is -2.50. The fraction of sp³-hybridized carbons (Fsp3) is 0.667. The van der Waals surface area contributed by atoms with E-state index < -0.39 is 5.41 Å². The van der Waals surface area contributed by atoms with Gasteiger partial charge in [-0.1, -0.05) is 6.92 Å². The number of aryl methyl sites for hydroxylation is 1. The molecule has 2 rings (SSSR count). The number of rotatable bonds is 3. The molecule has 0 fully saturated rings. The predicted octanol–water partition coefficient (Wildman–Crippen LogP) is 2.07. The van der Waals surface area contributed by atoms with Crippen molar-refractivity contribution in [3.8, 4) is 0 Å². The summed E-state index contributed by atoms with van der Waals surface area (Å²) < 4.78 is 2.31. The molecule has 1 aromatic rings. The topological polar surface area (TPSA) is 51.3 Å². The Morgan fingerprint density at radius 3 is 2.74 bits per heavy atom. The Morgan fingerprint density at radius 2 is 2.16 bits per heavy atom. The Morgan fingerprint density at radius 1 is 1.47 bits per heavy atom. The maximum absolute atomic E-state index is 12.7. The Hall–Kier alpha value is -1.29. The minimum atomic E-state index is -0.432. The van der Waals surface area contributed by atoms with Crippen LogP contribution in [0.3, 0.4) is 0 Å². The Kier molecular flexibility index (Phi) is 3.72. The summed E-state index contributed by atoms with van der Waals surface area (Å²) in [4.78, 5) is 14.7. The fourth-order valence-corrected chi connectivity index (χ4v) is 2.83. The van der Waals surface area contributed by atoms with Crippen LogP contribution < -0.4 is 5.73 Å². The number of carbonyl (C=O) groups is 1. The first-order valence-electron chi connectivity index (χ1n) is 7.11. The summed E-state index contributed by atoms with van der Waals surface area (Å²) in [5.74, 6) is 0.190. The predicted molar refractivity (Wildman–Crippen MR) is 76.7 cm³/mol. The molecule has 1 aliphatic heterocycles. The third-order valence-electron chi connectivity index (χ3n) is 4.70. The zero-order valence-electron chi connectivity index (χ0n) is 12.4. The van der Waals surface area contributed by atoms with E-state index in [4.69, 9.17) is 5.73 Å². The second-order valence-electron chi connectivity index (χ2n) is 5.84. The van der Waals surface area contributed by atoms with Gasteiger partial charge >= 0.3 is 0 Å². The molecule has 4 heteroatoms. The van der Waals surface area contributed by atoms with Gasteiger partial charge in [0.1, 0.15) is 0 Å². The second kappa shape index (κ2) is 5.00. The summed E-state index contributed by atoms with van der Waals surface area (Å²) in [5.41, 5.74) is 7.88. The van der Waals surface area contributed by atoms with E-state index in [9.17, 15) is 4.79 Å². The zero-order valence-corrected chi connectivity index (χ0v) is 12.4. The zero-order chi connectivity index (χ0) is 14.2. The Balaban J connectivity index is 2.27. The molecule has 2 unspecified atom stereocenters. The molecule has 1 amide bonds. The van der Waals surface area contributed by atoms with Crippen LogP contribution in [0, 0.1) is 12.3 Å². The molecule has 0 bridgehead atoms. The van der Waals surface area contributed by atoms with Crippen LogP contribution in [0.2, 0.25) is 0 Å². The molecule has 0 spiro atoms. The van der Waals surface area contributed by atoms with E-state index in [1.54, 1.807) is 0 Å². The SMILES string of the molecule is CCC(C)(CN)C(=O)N1CCn2c(C)ccc2C1C. The van der Waals surface area contributed by atoms with Gasteiger partial charge < -0.3 is 15.2 Å². The third-order valence-corrected chi connectivity index (χ3v) is 4.70.